The Morgan fingerprint density at radius 3 is 2.68 bits per heavy atom. The Morgan fingerprint density at radius 2 is 1.95 bits per heavy atom. The van der Waals surface area contributed by atoms with E-state index >= 15 is 0 Å². The lowest BCUT2D eigenvalue weighted by atomic mass is 9.85. The van der Waals surface area contributed by atoms with Crippen molar-refractivity contribution in [3.05, 3.63) is 35.9 Å². The van der Waals surface area contributed by atoms with E-state index in [1.165, 1.54) is 0 Å². The third-order valence-electron chi connectivity index (χ3n) is 4.38. The van der Waals surface area contributed by atoms with Crippen molar-refractivity contribution >= 4 is 6.09 Å². The highest BCUT2D eigenvalue weighted by Crippen LogP contribution is 2.26. The van der Waals surface area contributed by atoms with Gasteiger partial charge in [-0.1, -0.05) is 30.3 Å². The first-order valence-electron chi connectivity index (χ1n) is 8.08. The van der Waals surface area contributed by atoms with Gasteiger partial charge in [0.2, 0.25) is 0 Å². The topological polar surface area (TPSA) is 59.6 Å². The van der Waals surface area contributed by atoms with Gasteiger partial charge in [0.25, 0.3) is 0 Å². The molecule has 5 nitrogen and oxygen atoms in total. The number of piperidine rings is 1. The zero-order valence-electron chi connectivity index (χ0n) is 12.8. The Balaban J connectivity index is 1.32. The fourth-order valence-electron chi connectivity index (χ4n) is 3.34. The molecule has 2 bridgehead atoms. The van der Waals surface area contributed by atoms with Crippen LogP contribution in [-0.4, -0.2) is 37.9 Å². The largest absolute Gasteiger partial charge is 0.445 e. The van der Waals surface area contributed by atoms with E-state index in [2.05, 4.69) is 10.6 Å². The zero-order chi connectivity index (χ0) is 15.2. The number of ether oxygens (including phenoxy) is 2. The van der Waals surface area contributed by atoms with Crippen LogP contribution in [0.5, 0.6) is 0 Å². The Labute approximate surface area is 131 Å². The number of amides is 1. The summed E-state index contributed by atoms with van der Waals surface area (Å²) in [4.78, 5) is 11.7. The zero-order valence-corrected chi connectivity index (χ0v) is 12.8. The van der Waals surface area contributed by atoms with Crippen LogP contribution in [-0.2, 0) is 16.1 Å². The monoisotopic (exact) mass is 304 g/mol. The van der Waals surface area contributed by atoms with E-state index in [1.54, 1.807) is 0 Å². The Hall–Kier alpha value is -1.59. The van der Waals surface area contributed by atoms with Crippen LogP contribution in [0.15, 0.2) is 30.3 Å². The molecule has 0 radical (unpaired) electrons. The minimum atomic E-state index is -0.332. The molecule has 1 aromatic carbocycles. The molecular weight excluding hydrogens is 280 g/mol. The van der Waals surface area contributed by atoms with E-state index in [0.717, 1.165) is 38.0 Å². The Morgan fingerprint density at radius 1 is 1.23 bits per heavy atom. The molecule has 120 valence electrons. The van der Waals surface area contributed by atoms with E-state index in [-0.39, 0.29) is 6.09 Å². The van der Waals surface area contributed by atoms with E-state index in [0.29, 0.717) is 31.2 Å². The second-order valence-corrected chi connectivity index (χ2v) is 6.21. The lowest BCUT2D eigenvalue weighted by Crippen LogP contribution is -2.54. The number of carbonyl (C=O) groups excluding carboxylic acids is 1. The highest BCUT2D eigenvalue weighted by molar-refractivity contribution is 5.67. The van der Waals surface area contributed by atoms with Gasteiger partial charge in [-0.05, 0) is 30.7 Å². The fraction of sp³-hybridized carbons (Fsp3) is 0.588. The number of carbonyl (C=O) groups is 1. The molecule has 0 saturated carbocycles. The van der Waals surface area contributed by atoms with Crippen LogP contribution >= 0.6 is 0 Å². The molecule has 0 spiro atoms. The van der Waals surface area contributed by atoms with Gasteiger partial charge in [-0.2, -0.15) is 0 Å². The second kappa shape index (κ2) is 7.61. The van der Waals surface area contributed by atoms with Crippen molar-refractivity contribution in [1.82, 2.24) is 10.6 Å². The normalized spacial score (nSPS) is 27.2. The average Bonchev–Trinajstić information content (AvgIpc) is 2.54. The van der Waals surface area contributed by atoms with Gasteiger partial charge in [0.1, 0.15) is 6.61 Å². The van der Waals surface area contributed by atoms with Crippen molar-refractivity contribution in [3.8, 4) is 0 Å². The van der Waals surface area contributed by atoms with E-state index in [9.17, 15) is 4.79 Å². The molecule has 2 unspecified atom stereocenters. The fourth-order valence-corrected chi connectivity index (χ4v) is 3.34. The minimum absolute atomic E-state index is 0.321. The van der Waals surface area contributed by atoms with Crippen LogP contribution in [0, 0.1) is 5.92 Å². The van der Waals surface area contributed by atoms with Gasteiger partial charge >= 0.3 is 6.09 Å². The number of nitrogens with one attached hydrogen (secondary N) is 2. The maximum atomic E-state index is 11.7. The van der Waals surface area contributed by atoms with Crippen molar-refractivity contribution in [2.75, 3.05) is 19.8 Å². The van der Waals surface area contributed by atoms with Crippen LogP contribution in [0.1, 0.15) is 24.8 Å². The smallest absolute Gasteiger partial charge is 0.407 e. The molecule has 2 saturated heterocycles. The molecule has 0 aliphatic carbocycles. The number of hydrogen-bond donors (Lipinski definition) is 2. The third-order valence-corrected chi connectivity index (χ3v) is 4.38. The summed E-state index contributed by atoms with van der Waals surface area (Å²) in [7, 11) is 0. The standard InChI is InChI=1S/C17H24N2O3/c20-17(22-10-13-4-2-1-3-5-13)18-7-6-14-8-15-11-21-12-16(9-14)19-15/h1-5,14-16,19H,6-12H2,(H,18,20). The van der Waals surface area contributed by atoms with Crippen LogP contribution in [0.2, 0.25) is 0 Å². The summed E-state index contributed by atoms with van der Waals surface area (Å²) in [5.41, 5.74) is 1.00. The van der Waals surface area contributed by atoms with Crippen molar-refractivity contribution in [2.45, 2.75) is 38.0 Å². The molecule has 2 fully saturated rings. The number of fused-ring (bicyclic) bond motifs is 2. The summed E-state index contributed by atoms with van der Waals surface area (Å²) < 4.78 is 10.8. The van der Waals surface area contributed by atoms with E-state index in [4.69, 9.17) is 9.47 Å². The molecular formula is C17H24N2O3. The SMILES string of the molecule is O=C(NCCC1CC2COCC(C1)N2)OCc1ccccc1. The van der Waals surface area contributed by atoms with Gasteiger partial charge in [0.05, 0.1) is 13.2 Å². The molecule has 2 aliphatic heterocycles. The molecule has 5 heteroatoms. The quantitative estimate of drug-likeness (QED) is 0.874. The lowest BCUT2D eigenvalue weighted by molar-refractivity contribution is 0.00693. The van der Waals surface area contributed by atoms with E-state index < -0.39 is 0 Å². The van der Waals surface area contributed by atoms with Gasteiger partial charge in [0, 0.05) is 18.6 Å². The van der Waals surface area contributed by atoms with Crippen molar-refractivity contribution < 1.29 is 14.3 Å². The number of hydrogen-bond acceptors (Lipinski definition) is 4. The highest BCUT2D eigenvalue weighted by Gasteiger charge is 2.31. The number of morpholine rings is 1. The first-order chi connectivity index (χ1) is 10.8. The van der Waals surface area contributed by atoms with Gasteiger partial charge in [-0.25, -0.2) is 4.79 Å². The lowest BCUT2D eigenvalue weighted by Gasteiger charge is -2.40. The number of rotatable bonds is 5. The molecule has 2 N–H and O–H groups in total. The predicted octanol–water partition coefficient (Wildman–Crippen LogP) is 2.07. The van der Waals surface area contributed by atoms with Gasteiger partial charge in [-0.15, -0.1) is 0 Å². The Bertz CT molecular complexity index is 468. The van der Waals surface area contributed by atoms with Crippen LogP contribution in [0.25, 0.3) is 0 Å². The summed E-state index contributed by atoms with van der Waals surface area (Å²) in [5, 5.41) is 6.44. The molecule has 3 rings (SSSR count). The van der Waals surface area contributed by atoms with Crippen LogP contribution < -0.4 is 10.6 Å². The van der Waals surface area contributed by atoms with Crippen LogP contribution in [0.3, 0.4) is 0 Å². The van der Waals surface area contributed by atoms with Crippen molar-refractivity contribution in [1.29, 1.82) is 0 Å². The van der Waals surface area contributed by atoms with Crippen LogP contribution in [0.4, 0.5) is 4.79 Å². The van der Waals surface area contributed by atoms with Gasteiger partial charge in [-0.3, -0.25) is 0 Å². The average molecular weight is 304 g/mol. The summed E-state index contributed by atoms with van der Waals surface area (Å²) in [6.45, 7) is 2.64. The molecule has 2 atom stereocenters. The molecule has 2 heterocycles. The van der Waals surface area contributed by atoms with Gasteiger partial charge in [0.15, 0.2) is 0 Å². The second-order valence-electron chi connectivity index (χ2n) is 6.21. The third kappa shape index (κ3) is 4.45. The molecule has 1 amide bonds. The predicted molar refractivity (Wildman–Crippen MR) is 83.5 cm³/mol. The van der Waals surface area contributed by atoms with Gasteiger partial charge < -0.3 is 20.1 Å². The summed E-state index contributed by atoms with van der Waals surface area (Å²) >= 11 is 0. The minimum Gasteiger partial charge on any atom is -0.445 e. The summed E-state index contributed by atoms with van der Waals surface area (Å²) in [5.74, 6) is 0.662. The summed E-state index contributed by atoms with van der Waals surface area (Å²) in [6.07, 6.45) is 2.95. The maximum absolute atomic E-state index is 11.7. The molecule has 1 aromatic rings. The molecule has 0 aromatic heterocycles. The number of alkyl carbamates (subject to hydrolysis) is 1. The molecule has 2 aliphatic rings. The Kier molecular flexibility index (Phi) is 5.29. The summed E-state index contributed by atoms with van der Waals surface area (Å²) in [6, 6.07) is 10.7. The first-order valence-corrected chi connectivity index (χ1v) is 8.08. The number of benzene rings is 1. The highest BCUT2D eigenvalue weighted by atomic mass is 16.5. The van der Waals surface area contributed by atoms with Crippen molar-refractivity contribution in [3.63, 3.8) is 0 Å². The first kappa shape index (κ1) is 15.3. The van der Waals surface area contributed by atoms with E-state index in [1.807, 2.05) is 30.3 Å². The molecule has 22 heavy (non-hydrogen) atoms. The maximum Gasteiger partial charge on any atom is 0.407 e. The van der Waals surface area contributed by atoms with Crippen molar-refractivity contribution in [2.24, 2.45) is 5.92 Å².